The average molecular weight is 413 g/mol. The first-order valence-electron chi connectivity index (χ1n) is 9.57. The number of methoxy groups -OCH3 is 1. The third-order valence-corrected chi connectivity index (χ3v) is 7.07. The van der Waals surface area contributed by atoms with Crippen LogP contribution in [-0.4, -0.2) is 50.1 Å². The van der Waals surface area contributed by atoms with E-state index in [9.17, 15) is 9.59 Å². The molecule has 0 saturated carbocycles. The summed E-state index contributed by atoms with van der Waals surface area (Å²) in [6.07, 6.45) is 2.91. The van der Waals surface area contributed by atoms with Crippen LogP contribution < -0.4 is 10.1 Å². The SMILES string of the molecule is COc1ccc(C2(CNC(=O)C3=C(C)C4C(=O)N=CN=C4S3)CCOCC2)cc1. The van der Waals surface area contributed by atoms with E-state index in [1.807, 2.05) is 19.1 Å². The summed E-state index contributed by atoms with van der Waals surface area (Å²) in [6, 6.07) is 8.01. The van der Waals surface area contributed by atoms with Gasteiger partial charge in [-0.3, -0.25) is 9.59 Å². The monoisotopic (exact) mass is 413 g/mol. The summed E-state index contributed by atoms with van der Waals surface area (Å²) in [5, 5.41) is 3.73. The van der Waals surface area contributed by atoms with Gasteiger partial charge in [-0.2, -0.15) is 0 Å². The zero-order chi connectivity index (χ0) is 20.4. The normalized spacial score (nSPS) is 22.9. The molecule has 0 aromatic heterocycles. The zero-order valence-electron chi connectivity index (χ0n) is 16.4. The van der Waals surface area contributed by atoms with Gasteiger partial charge < -0.3 is 14.8 Å². The summed E-state index contributed by atoms with van der Waals surface area (Å²) in [5.74, 6) is -0.138. The van der Waals surface area contributed by atoms with E-state index >= 15 is 0 Å². The van der Waals surface area contributed by atoms with E-state index < -0.39 is 5.92 Å². The number of carbonyl (C=O) groups excluding carboxylic acids is 2. The van der Waals surface area contributed by atoms with Crippen LogP contribution in [0.15, 0.2) is 44.7 Å². The van der Waals surface area contributed by atoms with Crippen LogP contribution in [0.5, 0.6) is 5.75 Å². The van der Waals surface area contributed by atoms with Crippen LogP contribution in [0.2, 0.25) is 0 Å². The Bertz CT molecular complexity index is 914. The molecule has 0 bridgehead atoms. The molecule has 1 saturated heterocycles. The van der Waals surface area contributed by atoms with Crippen molar-refractivity contribution in [1.29, 1.82) is 0 Å². The Morgan fingerprint density at radius 1 is 1.31 bits per heavy atom. The molecule has 0 radical (unpaired) electrons. The molecule has 152 valence electrons. The molecule has 3 aliphatic rings. The van der Waals surface area contributed by atoms with E-state index in [4.69, 9.17) is 9.47 Å². The maximum atomic E-state index is 13.0. The quantitative estimate of drug-likeness (QED) is 0.801. The van der Waals surface area contributed by atoms with Crippen molar-refractivity contribution < 1.29 is 19.1 Å². The van der Waals surface area contributed by atoms with Crippen molar-refractivity contribution in [2.45, 2.75) is 25.2 Å². The maximum Gasteiger partial charge on any atom is 0.261 e. The summed E-state index contributed by atoms with van der Waals surface area (Å²) in [6.45, 7) is 3.62. The predicted octanol–water partition coefficient (Wildman–Crippen LogP) is 2.46. The van der Waals surface area contributed by atoms with Crippen LogP contribution in [-0.2, 0) is 19.7 Å². The Kier molecular flexibility index (Phi) is 5.56. The summed E-state index contributed by atoms with van der Waals surface area (Å²) >= 11 is 1.27. The number of rotatable bonds is 5. The number of amides is 2. The number of nitrogens with zero attached hydrogens (tertiary/aromatic N) is 2. The topological polar surface area (TPSA) is 89.3 Å². The minimum atomic E-state index is -0.510. The number of hydrogen-bond donors (Lipinski definition) is 1. The lowest BCUT2D eigenvalue weighted by molar-refractivity contribution is -0.118. The van der Waals surface area contributed by atoms with Gasteiger partial charge >= 0.3 is 0 Å². The van der Waals surface area contributed by atoms with Gasteiger partial charge in [0.1, 0.15) is 18.0 Å². The number of thioether (sulfide) groups is 1. The molecular formula is C21H23N3O4S. The van der Waals surface area contributed by atoms with Gasteiger partial charge in [0, 0.05) is 25.2 Å². The number of carbonyl (C=O) groups is 2. The first kappa shape index (κ1) is 19.8. The largest absolute Gasteiger partial charge is 0.497 e. The Morgan fingerprint density at radius 3 is 2.69 bits per heavy atom. The lowest BCUT2D eigenvalue weighted by Crippen LogP contribution is -2.44. The van der Waals surface area contributed by atoms with Crippen LogP contribution in [0.4, 0.5) is 0 Å². The van der Waals surface area contributed by atoms with Crippen LogP contribution in [0.25, 0.3) is 0 Å². The maximum absolute atomic E-state index is 13.0. The standard InChI is InChI=1S/C21H23N3O4S/c1-13-16-18(25)23-12-24-20(16)29-17(13)19(26)22-11-21(7-9-28-10-8-21)14-3-5-15(27-2)6-4-14/h3-6,12,16H,7-11H2,1-2H3,(H,22,26). The first-order chi connectivity index (χ1) is 14.0. The lowest BCUT2D eigenvalue weighted by atomic mass is 9.74. The summed E-state index contributed by atoms with van der Waals surface area (Å²) in [5.41, 5.74) is 1.69. The highest BCUT2D eigenvalue weighted by molar-refractivity contribution is 8.18. The van der Waals surface area contributed by atoms with E-state index in [-0.39, 0.29) is 17.2 Å². The molecule has 1 N–H and O–H groups in total. The van der Waals surface area contributed by atoms with Gasteiger partial charge in [-0.1, -0.05) is 23.9 Å². The minimum absolute atomic E-state index is 0.170. The first-order valence-corrected chi connectivity index (χ1v) is 10.4. The second kappa shape index (κ2) is 8.12. The molecule has 2 amide bonds. The molecular weight excluding hydrogens is 390 g/mol. The fourth-order valence-electron chi connectivity index (χ4n) is 4.00. The van der Waals surface area contributed by atoms with E-state index in [1.54, 1.807) is 7.11 Å². The third-order valence-electron chi connectivity index (χ3n) is 5.81. The van der Waals surface area contributed by atoms with Gasteiger partial charge in [-0.15, -0.1) is 0 Å². The Hall–Kier alpha value is -2.45. The molecule has 0 aliphatic carbocycles. The van der Waals surface area contributed by atoms with Gasteiger partial charge in [0.15, 0.2) is 0 Å². The van der Waals surface area contributed by atoms with Crippen molar-refractivity contribution in [1.82, 2.24) is 5.32 Å². The molecule has 8 heteroatoms. The zero-order valence-corrected chi connectivity index (χ0v) is 17.3. The third kappa shape index (κ3) is 3.74. The summed E-state index contributed by atoms with van der Waals surface area (Å²) in [4.78, 5) is 33.5. The smallest absolute Gasteiger partial charge is 0.261 e. The number of nitrogens with one attached hydrogen (secondary N) is 1. The number of ether oxygens (including phenoxy) is 2. The molecule has 1 fully saturated rings. The van der Waals surface area contributed by atoms with Crippen LogP contribution in [0.1, 0.15) is 25.3 Å². The summed E-state index contributed by atoms with van der Waals surface area (Å²) < 4.78 is 10.8. The molecule has 1 unspecified atom stereocenters. The number of hydrogen-bond acceptors (Lipinski definition) is 6. The Labute approximate surface area is 173 Å². The highest BCUT2D eigenvalue weighted by Gasteiger charge is 2.40. The van der Waals surface area contributed by atoms with Gasteiger partial charge in [0.25, 0.3) is 11.8 Å². The molecule has 29 heavy (non-hydrogen) atoms. The number of aliphatic imine (C=N–C) groups is 2. The van der Waals surface area contributed by atoms with Gasteiger partial charge in [-0.25, -0.2) is 9.98 Å². The second-order valence-electron chi connectivity index (χ2n) is 7.40. The molecule has 1 aromatic rings. The predicted molar refractivity (Wildman–Crippen MR) is 112 cm³/mol. The highest BCUT2D eigenvalue weighted by atomic mass is 32.2. The number of benzene rings is 1. The summed E-state index contributed by atoms with van der Waals surface area (Å²) in [7, 11) is 1.65. The molecule has 3 heterocycles. The van der Waals surface area contributed by atoms with E-state index in [2.05, 4.69) is 27.4 Å². The lowest BCUT2D eigenvalue weighted by Gasteiger charge is -2.38. The molecule has 1 aromatic carbocycles. The van der Waals surface area contributed by atoms with Gasteiger partial charge in [-0.05, 0) is 43.0 Å². The van der Waals surface area contributed by atoms with Crippen molar-refractivity contribution in [2.24, 2.45) is 15.9 Å². The van der Waals surface area contributed by atoms with Crippen molar-refractivity contribution in [3.05, 3.63) is 40.3 Å². The fraction of sp³-hybridized carbons (Fsp3) is 0.429. The fourth-order valence-corrected chi connectivity index (χ4v) is 5.15. The highest BCUT2D eigenvalue weighted by Crippen LogP contribution is 2.40. The van der Waals surface area contributed by atoms with E-state index in [0.717, 1.165) is 29.7 Å². The van der Waals surface area contributed by atoms with Crippen molar-refractivity contribution in [3.63, 3.8) is 0 Å². The molecule has 7 nitrogen and oxygen atoms in total. The van der Waals surface area contributed by atoms with Crippen LogP contribution in [0, 0.1) is 5.92 Å². The molecule has 4 rings (SSSR count). The van der Waals surface area contributed by atoms with Crippen LogP contribution in [0.3, 0.4) is 0 Å². The van der Waals surface area contributed by atoms with Crippen molar-refractivity contribution in [3.8, 4) is 5.75 Å². The molecule has 0 spiro atoms. The molecule has 3 aliphatic heterocycles. The molecule has 1 atom stereocenters. The van der Waals surface area contributed by atoms with Crippen molar-refractivity contribution in [2.75, 3.05) is 26.9 Å². The van der Waals surface area contributed by atoms with Gasteiger partial charge in [0.05, 0.1) is 17.1 Å². The Morgan fingerprint density at radius 2 is 2.03 bits per heavy atom. The number of fused-ring (bicyclic) bond motifs is 1. The van der Waals surface area contributed by atoms with E-state index in [1.165, 1.54) is 18.1 Å². The second-order valence-corrected chi connectivity index (χ2v) is 8.43. The van der Waals surface area contributed by atoms with Crippen molar-refractivity contribution >= 4 is 35.0 Å². The van der Waals surface area contributed by atoms with Crippen LogP contribution >= 0.6 is 11.8 Å². The van der Waals surface area contributed by atoms with Gasteiger partial charge in [0.2, 0.25) is 0 Å². The minimum Gasteiger partial charge on any atom is -0.497 e. The Balaban J connectivity index is 1.52. The van der Waals surface area contributed by atoms with E-state index in [0.29, 0.717) is 29.7 Å². The average Bonchev–Trinajstić information content (AvgIpc) is 3.10.